The van der Waals surface area contributed by atoms with Gasteiger partial charge >= 0.3 is 5.97 Å². The molecule has 2 unspecified atom stereocenters. The van der Waals surface area contributed by atoms with Gasteiger partial charge in [0, 0.05) is 6.61 Å². The second-order valence-electron chi connectivity index (χ2n) is 4.11. The summed E-state index contributed by atoms with van der Waals surface area (Å²) in [4.78, 5) is 11.0. The minimum Gasteiger partial charge on any atom is -0.481 e. The molecule has 1 heterocycles. The Morgan fingerprint density at radius 2 is 1.92 bits per heavy atom. The van der Waals surface area contributed by atoms with E-state index >= 15 is 0 Å². The standard InChI is InChI=1S/C10H16O3/c11-10(12)9(8-5-6-13-8)7-3-1-2-4-7/h7-9H,1-6H2,(H,11,12). The molecule has 74 valence electrons. The van der Waals surface area contributed by atoms with Crippen LogP contribution in [0.3, 0.4) is 0 Å². The lowest BCUT2D eigenvalue weighted by molar-refractivity contribution is -0.161. The van der Waals surface area contributed by atoms with Crippen molar-refractivity contribution in [3.63, 3.8) is 0 Å². The monoisotopic (exact) mass is 184 g/mol. The summed E-state index contributed by atoms with van der Waals surface area (Å²) in [7, 11) is 0. The molecule has 2 rings (SSSR count). The van der Waals surface area contributed by atoms with E-state index in [4.69, 9.17) is 9.84 Å². The molecule has 0 aromatic heterocycles. The lowest BCUT2D eigenvalue weighted by Crippen LogP contribution is -2.42. The van der Waals surface area contributed by atoms with Gasteiger partial charge in [-0.2, -0.15) is 0 Å². The Morgan fingerprint density at radius 3 is 2.31 bits per heavy atom. The summed E-state index contributed by atoms with van der Waals surface area (Å²) in [6.45, 7) is 0.751. The van der Waals surface area contributed by atoms with Crippen LogP contribution in [0.15, 0.2) is 0 Å². The Bertz CT molecular complexity index is 192. The van der Waals surface area contributed by atoms with Gasteiger partial charge in [-0.3, -0.25) is 4.79 Å². The lowest BCUT2D eigenvalue weighted by Gasteiger charge is -2.34. The highest BCUT2D eigenvalue weighted by molar-refractivity contribution is 5.71. The van der Waals surface area contributed by atoms with Gasteiger partial charge in [-0.15, -0.1) is 0 Å². The Morgan fingerprint density at radius 1 is 1.31 bits per heavy atom. The molecule has 1 aliphatic carbocycles. The quantitative estimate of drug-likeness (QED) is 0.725. The van der Waals surface area contributed by atoms with E-state index in [1.165, 1.54) is 12.8 Å². The molecular weight excluding hydrogens is 168 g/mol. The van der Waals surface area contributed by atoms with E-state index in [9.17, 15) is 4.79 Å². The highest BCUT2D eigenvalue weighted by Crippen LogP contribution is 2.37. The topological polar surface area (TPSA) is 46.5 Å². The fourth-order valence-electron chi connectivity index (χ4n) is 2.52. The number of hydrogen-bond acceptors (Lipinski definition) is 2. The summed E-state index contributed by atoms with van der Waals surface area (Å²) in [6.07, 6.45) is 5.50. The zero-order chi connectivity index (χ0) is 9.26. The van der Waals surface area contributed by atoms with Gasteiger partial charge in [0.25, 0.3) is 0 Å². The first-order valence-corrected chi connectivity index (χ1v) is 5.13. The SMILES string of the molecule is O=C(O)C(C1CCCC1)C1CCO1. The molecule has 0 aromatic rings. The highest BCUT2D eigenvalue weighted by Gasteiger charge is 2.40. The lowest BCUT2D eigenvalue weighted by atomic mass is 9.83. The highest BCUT2D eigenvalue weighted by atomic mass is 16.5. The smallest absolute Gasteiger partial charge is 0.309 e. The zero-order valence-electron chi connectivity index (χ0n) is 7.74. The van der Waals surface area contributed by atoms with Crippen LogP contribution in [-0.2, 0) is 9.53 Å². The van der Waals surface area contributed by atoms with Crippen molar-refractivity contribution in [3.8, 4) is 0 Å². The Hall–Kier alpha value is -0.570. The molecule has 2 aliphatic rings. The van der Waals surface area contributed by atoms with Gasteiger partial charge in [0.05, 0.1) is 12.0 Å². The van der Waals surface area contributed by atoms with Gasteiger partial charge < -0.3 is 9.84 Å². The van der Waals surface area contributed by atoms with Gasteiger partial charge in [0.2, 0.25) is 0 Å². The molecule has 0 bridgehead atoms. The number of aliphatic carboxylic acids is 1. The minimum absolute atomic E-state index is 0.0144. The van der Waals surface area contributed by atoms with Gasteiger partial charge in [-0.25, -0.2) is 0 Å². The van der Waals surface area contributed by atoms with Crippen LogP contribution in [0.1, 0.15) is 32.1 Å². The molecule has 0 radical (unpaired) electrons. The predicted octanol–water partition coefficient (Wildman–Crippen LogP) is 1.67. The van der Waals surface area contributed by atoms with Crippen LogP contribution < -0.4 is 0 Å². The summed E-state index contributed by atoms with van der Waals surface area (Å²) in [5.74, 6) is -0.504. The molecule has 1 saturated heterocycles. The molecule has 2 fully saturated rings. The van der Waals surface area contributed by atoms with Gasteiger partial charge in [0.15, 0.2) is 0 Å². The predicted molar refractivity (Wildman–Crippen MR) is 47.4 cm³/mol. The largest absolute Gasteiger partial charge is 0.481 e. The van der Waals surface area contributed by atoms with E-state index in [-0.39, 0.29) is 12.0 Å². The van der Waals surface area contributed by atoms with Crippen LogP contribution in [0, 0.1) is 11.8 Å². The molecule has 2 atom stereocenters. The van der Waals surface area contributed by atoms with Crippen molar-refractivity contribution >= 4 is 5.97 Å². The number of carboxylic acid groups (broad SMARTS) is 1. The Kier molecular flexibility index (Phi) is 2.54. The fourth-order valence-corrected chi connectivity index (χ4v) is 2.52. The van der Waals surface area contributed by atoms with Crippen LogP contribution in [0.2, 0.25) is 0 Å². The summed E-state index contributed by atoms with van der Waals surface area (Å²) in [5, 5.41) is 9.09. The maximum absolute atomic E-state index is 11.0. The van der Waals surface area contributed by atoms with Crippen molar-refractivity contribution in [3.05, 3.63) is 0 Å². The molecule has 1 N–H and O–H groups in total. The van der Waals surface area contributed by atoms with E-state index in [2.05, 4.69) is 0 Å². The third-order valence-electron chi connectivity index (χ3n) is 3.33. The maximum atomic E-state index is 11.0. The first kappa shape index (κ1) is 9.00. The molecule has 1 aliphatic heterocycles. The van der Waals surface area contributed by atoms with E-state index in [0.29, 0.717) is 5.92 Å². The average molecular weight is 184 g/mol. The first-order chi connectivity index (χ1) is 6.29. The number of ether oxygens (including phenoxy) is 1. The van der Waals surface area contributed by atoms with Crippen LogP contribution >= 0.6 is 0 Å². The van der Waals surface area contributed by atoms with Crippen LogP contribution in [0.25, 0.3) is 0 Å². The molecule has 3 heteroatoms. The van der Waals surface area contributed by atoms with E-state index in [1.54, 1.807) is 0 Å². The van der Waals surface area contributed by atoms with Crippen molar-refractivity contribution in [1.29, 1.82) is 0 Å². The number of carboxylic acids is 1. The van der Waals surface area contributed by atoms with Crippen molar-refractivity contribution in [1.82, 2.24) is 0 Å². The molecular formula is C10H16O3. The second-order valence-corrected chi connectivity index (χ2v) is 4.11. The molecule has 1 saturated carbocycles. The molecule has 0 aromatic carbocycles. The average Bonchev–Trinajstić information content (AvgIpc) is 2.46. The van der Waals surface area contributed by atoms with Crippen molar-refractivity contribution < 1.29 is 14.6 Å². The third kappa shape index (κ3) is 1.70. The van der Waals surface area contributed by atoms with Crippen molar-refractivity contribution in [2.75, 3.05) is 6.61 Å². The normalized spacial score (nSPS) is 31.2. The minimum atomic E-state index is -0.656. The second kappa shape index (κ2) is 3.66. The Labute approximate surface area is 78.1 Å². The zero-order valence-corrected chi connectivity index (χ0v) is 7.74. The van der Waals surface area contributed by atoms with Gasteiger partial charge in [0.1, 0.15) is 0 Å². The van der Waals surface area contributed by atoms with E-state index < -0.39 is 5.97 Å². The molecule has 13 heavy (non-hydrogen) atoms. The fraction of sp³-hybridized carbons (Fsp3) is 0.900. The van der Waals surface area contributed by atoms with E-state index in [1.807, 2.05) is 0 Å². The molecule has 3 nitrogen and oxygen atoms in total. The summed E-state index contributed by atoms with van der Waals surface area (Å²) < 4.78 is 5.29. The van der Waals surface area contributed by atoms with Crippen LogP contribution in [-0.4, -0.2) is 23.8 Å². The van der Waals surface area contributed by atoms with Crippen molar-refractivity contribution in [2.45, 2.75) is 38.2 Å². The number of carbonyl (C=O) groups is 1. The third-order valence-corrected chi connectivity index (χ3v) is 3.33. The van der Waals surface area contributed by atoms with E-state index in [0.717, 1.165) is 25.9 Å². The van der Waals surface area contributed by atoms with Gasteiger partial charge in [-0.1, -0.05) is 12.8 Å². The number of rotatable bonds is 3. The number of hydrogen-bond donors (Lipinski definition) is 1. The van der Waals surface area contributed by atoms with Gasteiger partial charge in [-0.05, 0) is 25.2 Å². The van der Waals surface area contributed by atoms with Crippen LogP contribution in [0.5, 0.6) is 0 Å². The van der Waals surface area contributed by atoms with Crippen molar-refractivity contribution in [2.24, 2.45) is 11.8 Å². The summed E-state index contributed by atoms with van der Waals surface area (Å²) in [6, 6.07) is 0. The Balaban J connectivity index is 1.98. The van der Waals surface area contributed by atoms with Crippen LogP contribution in [0.4, 0.5) is 0 Å². The maximum Gasteiger partial charge on any atom is 0.309 e. The first-order valence-electron chi connectivity index (χ1n) is 5.13. The summed E-state index contributed by atoms with van der Waals surface area (Å²) >= 11 is 0. The molecule has 0 amide bonds. The molecule has 0 spiro atoms. The summed E-state index contributed by atoms with van der Waals surface area (Å²) in [5.41, 5.74) is 0.